The number of aliphatic hydroxyl groups is 2. The number of unbranched alkanes of at least 4 members (excludes halogenated alkanes) is 2. The number of oxime groups is 1. The molecule has 2 fully saturated rings. The molecule has 2 saturated carbocycles. The van der Waals surface area contributed by atoms with E-state index in [9.17, 15) is 15.0 Å². The van der Waals surface area contributed by atoms with E-state index in [0.717, 1.165) is 72.2 Å². The van der Waals surface area contributed by atoms with Crippen molar-refractivity contribution in [3.05, 3.63) is 113 Å². The summed E-state index contributed by atoms with van der Waals surface area (Å²) in [5.41, 5.74) is 6.22. The summed E-state index contributed by atoms with van der Waals surface area (Å²) in [6, 6.07) is 21.7. The average Bonchev–Trinajstić information content (AvgIpc) is 4.06. The number of aryl methyl sites for hydroxylation is 2. The average molecular weight is 763 g/mol. The maximum absolute atomic E-state index is 14.0. The third kappa shape index (κ3) is 8.31. The van der Waals surface area contributed by atoms with E-state index < -0.39 is 11.8 Å². The molecule has 0 bridgehead atoms. The Hall–Kier alpha value is -4.44. The number of aliphatic hydroxyl groups excluding tert-OH is 2. The van der Waals surface area contributed by atoms with E-state index in [1.165, 1.54) is 5.56 Å². The summed E-state index contributed by atoms with van der Waals surface area (Å²) >= 11 is 0. The molecule has 4 aliphatic rings. The van der Waals surface area contributed by atoms with Crippen LogP contribution in [0.15, 0.2) is 96.2 Å². The monoisotopic (exact) mass is 762 g/mol. The standard InChI is InChI=1S/C47H58N2O7/c1-5-25-53-47-43(49(4)46(52)34-18-19-34)29-41(48-54-30-33-13-7-6-8-14-33)39-27-35(15-9-11-23-50)38(16-10-12-24-51)44(45(39)47)40-28-37(21-22-42(40)56-47)55-36-20-17-31(2)32(3)26-36/h5-8,13-14,17,20-22,26-28,34-35,38,43-45,50-51H,1,9-12,15-16,18-19,23-25,29-30H2,2-4H3/t35-,38+,43-,44+,45+,47+/m0/s1. The molecule has 6 atom stereocenters. The summed E-state index contributed by atoms with van der Waals surface area (Å²) in [5.74, 6) is 0.832. The number of allylic oxidation sites excluding steroid dienone is 1. The van der Waals surface area contributed by atoms with Crippen molar-refractivity contribution >= 4 is 11.6 Å². The summed E-state index contributed by atoms with van der Waals surface area (Å²) in [5, 5.41) is 24.7. The predicted molar refractivity (Wildman–Crippen MR) is 218 cm³/mol. The fourth-order valence-electron chi connectivity index (χ4n) is 9.24. The molecule has 56 heavy (non-hydrogen) atoms. The SMILES string of the molecule is C=CCO[C@@]12Oc3ccc(Oc4ccc(C)c(C)c4)cc3[C@H]3[C@H](CCCCO)[C@@H](CCCCO)C=C(C(=NOCc4ccccc4)C[C@@H]1N(C)C(=O)C1CC1)[C@H]32. The molecule has 0 radical (unpaired) electrons. The largest absolute Gasteiger partial charge is 0.459 e. The smallest absolute Gasteiger partial charge is 0.239 e. The third-order valence-corrected chi connectivity index (χ3v) is 12.3. The Morgan fingerprint density at radius 1 is 0.964 bits per heavy atom. The minimum Gasteiger partial charge on any atom is -0.459 e. The van der Waals surface area contributed by atoms with Crippen LogP contribution in [0.3, 0.4) is 0 Å². The first-order valence-electron chi connectivity index (χ1n) is 20.5. The van der Waals surface area contributed by atoms with Gasteiger partial charge in [-0.1, -0.05) is 66.5 Å². The zero-order valence-corrected chi connectivity index (χ0v) is 33.2. The Balaban J connectivity index is 1.40. The van der Waals surface area contributed by atoms with Gasteiger partial charge in [0.15, 0.2) is 0 Å². The van der Waals surface area contributed by atoms with E-state index in [1.807, 2.05) is 60.5 Å². The van der Waals surface area contributed by atoms with Crippen molar-refractivity contribution in [2.45, 2.75) is 96.0 Å². The van der Waals surface area contributed by atoms with E-state index in [2.05, 4.69) is 44.7 Å². The van der Waals surface area contributed by atoms with Crippen LogP contribution in [0.5, 0.6) is 17.2 Å². The number of benzene rings is 3. The lowest BCUT2D eigenvalue weighted by atomic mass is 9.55. The molecule has 0 spiro atoms. The van der Waals surface area contributed by atoms with Gasteiger partial charge in [0.1, 0.15) is 29.9 Å². The molecular formula is C47H58N2O7. The van der Waals surface area contributed by atoms with Crippen molar-refractivity contribution in [2.75, 3.05) is 26.9 Å². The van der Waals surface area contributed by atoms with Gasteiger partial charge in [-0.3, -0.25) is 4.79 Å². The Morgan fingerprint density at radius 2 is 1.70 bits per heavy atom. The van der Waals surface area contributed by atoms with Crippen molar-refractivity contribution in [1.29, 1.82) is 0 Å². The van der Waals surface area contributed by atoms with Crippen molar-refractivity contribution in [2.24, 2.45) is 28.8 Å². The quantitative estimate of drug-likeness (QED) is 0.0758. The van der Waals surface area contributed by atoms with Gasteiger partial charge >= 0.3 is 0 Å². The summed E-state index contributed by atoms with van der Waals surface area (Å²) < 4.78 is 20.8. The lowest BCUT2D eigenvalue weighted by molar-refractivity contribution is -0.255. The Morgan fingerprint density at radius 3 is 2.41 bits per heavy atom. The van der Waals surface area contributed by atoms with E-state index >= 15 is 0 Å². The van der Waals surface area contributed by atoms with Gasteiger partial charge < -0.3 is 34.2 Å². The second-order valence-corrected chi connectivity index (χ2v) is 16.1. The van der Waals surface area contributed by atoms with Gasteiger partial charge in [-0.05, 0) is 117 Å². The Labute approximate surface area is 332 Å². The van der Waals surface area contributed by atoms with E-state index in [1.54, 1.807) is 6.08 Å². The van der Waals surface area contributed by atoms with Gasteiger partial charge in [-0.2, -0.15) is 0 Å². The first-order valence-corrected chi connectivity index (χ1v) is 20.5. The minimum absolute atomic E-state index is 0.00612. The lowest BCUT2D eigenvalue weighted by Crippen LogP contribution is -2.69. The third-order valence-electron chi connectivity index (χ3n) is 12.3. The number of rotatable bonds is 18. The molecule has 9 heteroatoms. The molecule has 3 aromatic rings. The van der Waals surface area contributed by atoms with Crippen LogP contribution in [-0.4, -0.2) is 65.4 Å². The maximum Gasteiger partial charge on any atom is 0.239 e. The zero-order valence-electron chi connectivity index (χ0n) is 33.2. The van der Waals surface area contributed by atoms with Gasteiger partial charge in [0.05, 0.1) is 18.2 Å². The van der Waals surface area contributed by atoms with Gasteiger partial charge in [0, 0.05) is 44.1 Å². The molecule has 7 rings (SSSR count). The van der Waals surface area contributed by atoms with Crippen molar-refractivity contribution in [3.63, 3.8) is 0 Å². The number of carbonyl (C=O) groups is 1. The number of amides is 1. The van der Waals surface area contributed by atoms with E-state index in [4.69, 9.17) is 24.2 Å². The van der Waals surface area contributed by atoms with Crippen LogP contribution in [-0.2, 0) is 21.0 Å². The number of carbonyl (C=O) groups excluding carboxylic acids is 1. The zero-order chi connectivity index (χ0) is 39.2. The van der Waals surface area contributed by atoms with Gasteiger partial charge in [0.2, 0.25) is 11.7 Å². The van der Waals surface area contributed by atoms with E-state index in [-0.39, 0.29) is 55.3 Å². The van der Waals surface area contributed by atoms with Crippen LogP contribution in [0.4, 0.5) is 0 Å². The number of likely N-dealkylation sites (N-methyl/N-ethyl adjacent to an activating group) is 1. The molecule has 2 N–H and O–H groups in total. The molecule has 1 aliphatic heterocycles. The van der Waals surface area contributed by atoms with Crippen LogP contribution in [0, 0.1) is 37.5 Å². The molecule has 3 aliphatic carbocycles. The Bertz CT molecular complexity index is 1910. The number of ether oxygens (including phenoxy) is 3. The highest BCUT2D eigenvalue weighted by Crippen LogP contribution is 2.62. The highest BCUT2D eigenvalue weighted by molar-refractivity contribution is 6.03. The van der Waals surface area contributed by atoms with Crippen LogP contribution in [0.25, 0.3) is 0 Å². The summed E-state index contributed by atoms with van der Waals surface area (Å²) in [4.78, 5) is 22.1. The summed E-state index contributed by atoms with van der Waals surface area (Å²) in [7, 11) is 1.88. The van der Waals surface area contributed by atoms with Gasteiger partial charge in [-0.25, -0.2) is 0 Å². The van der Waals surface area contributed by atoms with Crippen LogP contribution < -0.4 is 9.47 Å². The predicted octanol–water partition coefficient (Wildman–Crippen LogP) is 8.80. The fourth-order valence-corrected chi connectivity index (χ4v) is 9.24. The highest BCUT2D eigenvalue weighted by Gasteiger charge is 2.65. The molecule has 1 heterocycles. The molecule has 298 valence electrons. The van der Waals surface area contributed by atoms with Crippen LogP contribution in [0.2, 0.25) is 0 Å². The second kappa shape index (κ2) is 17.8. The molecule has 0 unspecified atom stereocenters. The van der Waals surface area contributed by atoms with Crippen molar-refractivity contribution < 1.29 is 34.1 Å². The lowest BCUT2D eigenvalue weighted by Gasteiger charge is -2.59. The van der Waals surface area contributed by atoms with Crippen molar-refractivity contribution in [1.82, 2.24) is 4.90 Å². The molecule has 1 amide bonds. The highest BCUT2D eigenvalue weighted by atomic mass is 16.7. The number of hydrogen-bond acceptors (Lipinski definition) is 8. The Kier molecular flexibility index (Phi) is 12.6. The molecule has 0 aromatic heterocycles. The molecule has 0 saturated heterocycles. The summed E-state index contributed by atoms with van der Waals surface area (Å²) in [6.07, 6.45) is 11.2. The first kappa shape index (κ1) is 39.8. The molecule has 3 aromatic carbocycles. The number of fused-ring (bicyclic) bond motifs is 2. The summed E-state index contributed by atoms with van der Waals surface area (Å²) in [6.45, 7) is 9.02. The topological polar surface area (TPSA) is 110 Å². The van der Waals surface area contributed by atoms with Gasteiger partial charge in [-0.15, -0.1) is 6.58 Å². The molecule has 9 nitrogen and oxygen atoms in total. The first-order chi connectivity index (χ1) is 27.3. The number of hydrogen-bond donors (Lipinski definition) is 2. The second-order valence-electron chi connectivity index (χ2n) is 16.1. The minimum atomic E-state index is -1.25. The van der Waals surface area contributed by atoms with Crippen molar-refractivity contribution in [3.8, 4) is 17.2 Å². The normalized spacial score (nSPS) is 25.7. The van der Waals surface area contributed by atoms with Gasteiger partial charge in [0.25, 0.3) is 0 Å². The molecular weight excluding hydrogens is 705 g/mol. The van der Waals surface area contributed by atoms with Crippen LogP contribution >= 0.6 is 0 Å². The maximum atomic E-state index is 14.0. The fraction of sp³-hybridized carbons (Fsp3) is 0.489. The van der Waals surface area contributed by atoms with Crippen LogP contribution in [0.1, 0.15) is 86.0 Å². The van der Waals surface area contributed by atoms with E-state index in [0.29, 0.717) is 37.4 Å². The number of nitrogens with zero attached hydrogens (tertiary/aromatic N) is 2.